The number of hydrogen-bond donors (Lipinski definition) is 0. The van der Waals surface area contributed by atoms with Gasteiger partial charge in [-0.05, 0) is 12.5 Å². The van der Waals surface area contributed by atoms with Crippen molar-refractivity contribution in [1.29, 1.82) is 0 Å². The molecular formula is C14H20O4. The Bertz CT molecular complexity index is 329. The van der Waals surface area contributed by atoms with E-state index in [-0.39, 0.29) is 0 Å². The van der Waals surface area contributed by atoms with Crippen LogP contribution in [0.2, 0.25) is 0 Å². The van der Waals surface area contributed by atoms with Crippen molar-refractivity contribution in [1.82, 2.24) is 0 Å². The van der Waals surface area contributed by atoms with Gasteiger partial charge in [0.2, 0.25) is 0 Å². The van der Waals surface area contributed by atoms with E-state index in [0.29, 0.717) is 26.4 Å². The molecule has 1 aliphatic carbocycles. The van der Waals surface area contributed by atoms with E-state index in [2.05, 4.69) is 12.7 Å². The summed E-state index contributed by atoms with van der Waals surface area (Å²) in [7, 11) is 1.65. The Labute approximate surface area is 108 Å². The van der Waals surface area contributed by atoms with Gasteiger partial charge in [0.25, 0.3) is 0 Å². The highest BCUT2D eigenvalue weighted by molar-refractivity contribution is 5.34. The summed E-state index contributed by atoms with van der Waals surface area (Å²) >= 11 is 0. The van der Waals surface area contributed by atoms with E-state index in [1.807, 2.05) is 12.2 Å². The Balaban J connectivity index is 2.38. The first-order chi connectivity index (χ1) is 8.88. The van der Waals surface area contributed by atoms with Crippen molar-refractivity contribution in [2.24, 2.45) is 0 Å². The zero-order valence-corrected chi connectivity index (χ0v) is 10.8. The molecule has 18 heavy (non-hydrogen) atoms. The molecule has 0 amide bonds. The first-order valence-corrected chi connectivity index (χ1v) is 5.90. The quantitative estimate of drug-likeness (QED) is 0.467. The van der Waals surface area contributed by atoms with Crippen molar-refractivity contribution in [3.8, 4) is 0 Å². The number of methoxy groups -OCH3 is 1. The number of ether oxygens (including phenoxy) is 4. The molecule has 100 valence electrons. The molecule has 0 unspecified atom stereocenters. The fraction of sp³-hybridized carbons (Fsp3) is 0.429. The average Bonchev–Trinajstić information content (AvgIpc) is 2.41. The lowest BCUT2D eigenvalue weighted by Gasteiger charge is -2.15. The molecule has 0 bridgehead atoms. The molecule has 1 rings (SSSR count). The minimum atomic E-state index is 0.487. The van der Waals surface area contributed by atoms with Crippen molar-refractivity contribution < 1.29 is 18.9 Å². The van der Waals surface area contributed by atoms with Gasteiger partial charge in [-0.3, -0.25) is 0 Å². The van der Waals surface area contributed by atoms with E-state index < -0.39 is 0 Å². The monoisotopic (exact) mass is 252 g/mol. The van der Waals surface area contributed by atoms with Crippen LogP contribution in [0.1, 0.15) is 6.42 Å². The molecular weight excluding hydrogens is 232 g/mol. The predicted molar refractivity (Wildman–Crippen MR) is 69.9 cm³/mol. The van der Waals surface area contributed by atoms with Crippen LogP contribution in [0.3, 0.4) is 0 Å². The van der Waals surface area contributed by atoms with Gasteiger partial charge in [-0.2, -0.15) is 0 Å². The maximum absolute atomic E-state index is 5.61. The zero-order chi connectivity index (χ0) is 13.1. The molecule has 0 aliphatic heterocycles. The summed E-state index contributed by atoms with van der Waals surface area (Å²) in [4.78, 5) is 0. The molecule has 0 radical (unpaired) electrons. The molecule has 0 saturated carbocycles. The Kier molecular flexibility index (Phi) is 7.48. The second kappa shape index (κ2) is 9.36. The van der Waals surface area contributed by atoms with Crippen LogP contribution in [0.5, 0.6) is 0 Å². The second-order valence-electron chi connectivity index (χ2n) is 3.56. The summed E-state index contributed by atoms with van der Waals surface area (Å²) in [6, 6.07) is 0. The number of hydrogen-bond acceptors (Lipinski definition) is 4. The smallest absolute Gasteiger partial charge is 0.126 e. The van der Waals surface area contributed by atoms with E-state index in [9.17, 15) is 0 Å². The van der Waals surface area contributed by atoms with Gasteiger partial charge in [0.05, 0.1) is 19.1 Å². The predicted octanol–water partition coefficient (Wildman–Crippen LogP) is 2.55. The fourth-order valence-electron chi connectivity index (χ4n) is 1.38. The minimum Gasteiger partial charge on any atom is -0.498 e. The van der Waals surface area contributed by atoms with E-state index in [4.69, 9.17) is 18.9 Å². The topological polar surface area (TPSA) is 36.9 Å². The Morgan fingerprint density at radius 3 is 2.83 bits per heavy atom. The molecule has 1 aliphatic rings. The van der Waals surface area contributed by atoms with E-state index in [1.54, 1.807) is 13.4 Å². The minimum absolute atomic E-state index is 0.487. The first kappa shape index (κ1) is 14.4. The van der Waals surface area contributed by atoms with Crippen LogP contribution < -0.4 is 0 Å². The molecule has 0 N–H and O–H groups in total. The highest BCUT2D eigenvalue weighted by atomic mass is 16.5. The highest BCUT2D eigenvalue weighted by Gasteiger charge is 2.08. The van der Waals surface area contributed by atoms with Gasteiger partial charge in [-0.15, -0.1) is 0 Å². The Morgan fingerprint density at radius 2 is 2.06 bits per heavy atom. The van der Waals surface area contributed by atoms with Crippen LogP contribution in [0.25, 0.3) is 0 Å². The van der Waals surface area contributed by atoms with E-state index >= 15 is 0 Å². The first-order valence-electron chi connectivity index (χ1n) is 5.90. The summed E-state index contributed by atoms with van der Waals surface area (Å²) in [6.45, 7) is 5.56. The third-order valence-electron chi connectivity index (χ3n) is 2.25. The second-order valence-corrected chi connectivity index (χ2v) is 3.56. The van der Waals surface area contributed by atoms with Crippen molar-refractivity contribution in [2.75, 3.05) is 33.5 Å². The fourth-order valence-corrected chi connectivity index (χ4v) is 1.38. The summed E-state index contributed by atoms with van der Waals surface area (Å²) in [5, 5.41) is 0. The summed E-state index contributed by atoms with van der Waals surface area (Å²) in [6.07, 6.45) is 9.88. The van der Waals surface area contributed by atoms with Gasteiger partial charge in [-0.25, -0.2) is 0 Å². The molecule has 0 fully saturated rings. The molecule has 0 aromatic carbocycles. The maximum Gasteiger partial charge on any atom is 0.126 e. The standard InChI is InChI=1S/C14H20O4/c1-3-16-10-11-18-14-7-5-4-6-13(14)12-17-9-8-15-2/h3-5,7,12H,1,6,8-11H2,2H3. The molecule has 0 atom stereocenters. The molecule has 0 saturated heterocycles. The molecule has 0 heterocycles. The summed E-state index contributed by atoms with van der Waals surface area (Å²) in [5.74, 6) is 0.822. The number of allylic oxidation sites excluding steroid dienone is 4. The van der Waals surface area contributed by atoms with Gasteiger partial charge >= 0.3 is 0 Å². The van der Waals surface area contributed by atoms with Crippen LogP contribution in [-0.2, 0) is 18.9 Å². The maximum atomic E-state index is 5.61. The van der Waals surface area contributed by atoms with Gasteiger partial charge in [0, 0.05) is 12.7 Å². The molecule has 0 aromatic heterocycles. The lowest BCUT2D eigenvalue weighted by atomic mass is 10.1. The lowest BCUT2D eigenvalue weighted by Crippen LogP contribution is -2.05. The highest BCUT2D eigenvalue weighted by Crippen LogP contribution is 2.20. The van der Waals surface area contributed by atoms with Crippen molar-refractivity contribution in [3.63, 3.8) is 0 Å². The summed E-state index contributed by atoms with van der Waals surface area (Å²) < 4.78 is 20.9. The largest absolute Gasteiger partial charge is 0.498 e. The van der Waals surface area contributed by atoms with Gasteiger partial charge in [-0.1, -0.05) is 18.7 Å². The third-order valence-corrected chi connectivity index (χ3v) is 2.25. The normalized spacial score (nSPS) is 16.3. The zero-order valence-electron chi connectivity index (χ0n) is 10.8. The van der Waals surface area contributed by atoms with Crippen molar-refractivity contribution >= 4 is 0 Å². The van der Waals surface area contributed by atoms with Crippen LogP contribution in [-0.4, -0.2) is 33.5 Å². The molecule has 0 aromatic rings. The molecule has 4 heteroatoms. The van der Waals surface area contributed by atoms with Crippen molar-refractivity contribution in [3.05, 3.63) is 48.7 Å². The van der Waals surface area contributed by atoms with Crippen LogP contribution in [0.4, 0.5) is 0 Å². The van der Waals surface area contributed by atoms with Gasteiger partial charge in [0.1, 0.15) is 25.6 Å². The average molecular weight is 252 g/mol. The Hall–Kier alpha value is -1.68. The number of rotatable bonds is 9. The van der Waals surface area contributed by atoms with E-state index in [0.717, 1.165) is 17.8 Å². The van der Waals surface area contributed by atoms with Crippen molar-refractivity contribution in [2.45, 2.75) is 6.42 Å². The lowest BCUT2D eigenvalue weighted by molar-refractivity contribution is 0.118. The van der Waals surface area contributed by atoms with Gasteiger partial charge < -0.3 is 18.9 Å². The SMILES string of the molecule is C=COCCOC1=CC=CCC1=COCCOC. The summed E-state index contributed by atoms with van der Waals surface area (Å²) in [5.41, 5.74) is 1.02. The van der Waals surface area contributed by atoms with Gasteiger partial charge in [0.15, 0.2) is 0 Å². The molecule has 0 spiro atoms. The van der Waals surface area contributed by atoms with Crippen LogP contribution >= 0.6 is 0 Å². The Morgan fingerprint density at radius 1 is 1.22 bits per heavy atom. The van der Waals surface area contributed by atoms with Crippen LogP contribution in [0, 0.1) is 0 Å². The van der Waals surface area contributed by atoms with Crippen LogP contribution in [0.15, 0.2) is 48.7 Å². The molecule has 4 nitrogen and oxygen atoms in total. The van der Waals surface area contributed by atoms with E-state index in [1.165, 1.54) is 6.26 Å². The third kappa shape index (κ3) is 5.59.